The van der Waals surface area contributed by atoms with Crippen LogP contribution in [0.4, 0.5) is 4.39 Å². The van der Waals surface area contributed by atoms with E-state index in [1.54, 1.807) is 12.1 Å². The van der Waals surface area contributed by atoms with E-state index in [0.717, 1.165) is 0 Å². The van der Waals surface area contributed by atoms with E-state index in [0.29, 0.717) is 11.1 Å². The van der Waals surface area contributed by atoms with Crippen LogP contribution in [-0.4, -0.2) is 21.5 Å². The van der Waals surface area contributed by atoms with Crippen molar-refractivity contribution in [3.63, 3.8) is 0 Å². The summed E-state index contributed by atoms with van der Waals surface area (Å²) in [6, 6.07) is 7.19. The summed E-state index contributed by atoms with van der Waals surface area (Å²) in [5.74, 6) is 4.64. The normalized spacial score (nSPS) is 9.79. The zero-order valence-corrected chi connectivity index (χ0v) is 10.0. The van der Waals surface area contributed by atoms with Crippen LogP contribution in [0.15, 0.2) is 41.3 Å². The largest absolute Gasteiger partial charge is 0.384 e. The van der Waals surface area contributed by atoms with E-state index >= 15 is 0 Å². The van der Waals surface area contributed by atoms with Gasteiger partial charge in [0.15, 0.2) is 0 Å². The van der Waals surface area contributed by atoms with Gasteiger partial charge in [-0.1, -0.05) is 11.8 Å². The van der Waals surface area contributed by atoms with Gasteiger partial charge in [0.25, 0.3) is 5.56 Å². The van der Waals surface area contributed by atoms with Crippen molar-refractivity contribution in [1.82, 2.24) is 9.78 Å². The smallest absolute Gasteiger partial charge is 0.267 e. The average molecular weight is 258 g/mol. The second kappa shape index (κ2) is 5.94. The van der Waals surface area contributed by atoms with Gasteiger partial charge in [-0.05, 0) is 29.8 Å². The maximum Gasteiger partial charge on any atom is 0.267 e. The van der Waals surface area contributed by atoms with Gasteiger partial charge in [0, 0.05) is 17.8 Å². The minimum absolute atomic E-state index is 0.172. The van der Waals surface area contributed by atoms with Crippen LogP contribution in [0.5, 0.6) is 0 Å². The number of benzene rings is 1. The van der Waals surface area contributed by atoms with E-state index in [-0.39, 0.29) is 18.7 Å². The summed E-state index contributed by atoms with van der Waals surface area (Å²) in [6.07, 6.45) is 1.49. The monoisotopic (exact) mass is 258 g/mol. The van der Waals surface area contributed by atoms with Crippen LogP contribution < -0.4 is 5.56 Å². The summed E-state index contributed by atoms with van der Waals surface area (Å²) < 4.78 is 14.7. The van der Waals surface area contributed by atoms with Gasteiger partial charge in [-0.15, -0.1) is 0 Å². The summed E-state index contributed by atoms with van der Waals surface area (Å²) in [7, 11) is 0. The predicted molar refractivity (Wildman–Crippen MR) is 68.0 cm³/mol. The molecule has 0 atom stereocenters. The second-order valence-electron chi connectivity index (χ2n) is 3.83. The number of aliphatic hydroxyl groups excluding tert-OH is 1. The number of halogens is 1. The van der Waals surface area contributed by atoms with Crippen molar-refractivity contribution in [2.75, 3.05) is 6.61 Å². The van der Waals surface area contributed by atoms with Crippen LogP contribution in [0.1, 0.15) is 11.1 Å². The minimum Gasteiger partial charge on any atom is -0.384 e. The van der Waals surface area contributed by atoms with Gasteiger partial charge >= 0.3 is 0 Å². The summed E-state index contributed by atoms with van der Waals surface area (Å²) in [6.45, 7) is -0.114. The van der Waals surface area contributed by atoms with Crippen molar-refractivity contribution in [2.45, 2.75) is 6.54 Å². The second-order valence-corrected chi connectivity index (χ2v) is 3.83. The van der Waals surface area contributed by atoms with Gasteiger partial charge in [0.1, 0.15) is 12.4 Å². The molecule has 1 aromatic carbocycles. The first kappa shape index (κ1) is 13.0. The van der Waals surface area contributed by atoms with Gasteiger partial charge in [0.2, 0.25) is 0 Å². The fraction of sp³-hybridized carbons (Fsp3) is 0.143. The number of hydrogen-bond acceptors (Lipinski definition) is 3. The van der Waals surface area contributed by atoms with Gasteiger partial charge in [-0.2, -0.15) is 5.10 Å². The van der Waals surface area contributed by atoms with Crippen LogP contribution in [0.3, 0.4) is 0 Å². The van der Waals surface area contributed by atoms with Crippen LogP contribution in [0.25, 0.3) is 0 Å². The van der Waals surface area contributed by atoms with Gasteiger partial charge in [-0.3, -0.25) is 4.79 Å². The molecule has 1 heterocycles. The fourth-order valence-corrected chi connectivity index (χ4v) is 1.63. The molecule has 0 fully saturated rings. The van der Waals surface area contributed by atoms with Crippen LogP contribution in [-0.2, 0) is 6.54 Å². The van der Waals surface area contributed by atoms with Crippen molar-refractivity contribution in [2.24, 2.45) is 0 Å². The molecule has 1 aromatic heterocycles. The molecule has 4 nitrogen and oxygen atoms in total. The molecular formula is C14H11FN2O2. The van der Waals surface area contributed by atoms with Crippen LogP contribution in [0.2, 0.25) is 0 Å². The van der Waals surface area contributed by atoms with E-state index in [1.807, 2.05) is 0 Å². The molecule has 0 unspecified atom stereocenters. The zero-order valence-electron chi connectivity index (χ0n) is 10.0. The molecule has 96 valence electrons. The van der Waals surface area contributed by atoms with E-state index in [2.05, 4.69) is 16.9 Å². The number of aliphatic hydroxyl groups is 1. The Hall–Kier alpha value is -2.45. The zero-order chi connectivity index (χ0) is 13.7. The molecule has 19 heavy (non-hydrogen) atoms. The van der Waals surface area contributed by atoms with Gasteiger partial charge < -0.3 is 5.11 Å². The highest BCUT2D eigenvalue weighted by Crippen LogP contribution is 2.09. The molecular weight excluding hydrogens is 247 g/mol. The average Bonchev–Trinajstić information content (AvgIpc) is 2.38. The molecule has 2 aromatic rings. The fourth-order valence-electron chi connectivity index (χ4n) is 1.63. The number of nitrogens with zero attached hydrogens (tertiary/aromatic N) is 2. The van der Waals surface area contributed by atoms with Crippen LogP contribution >= 0.6 is 0 Å². The molecule has 0 saturated heterocycles. The molecule has 1 N–H and O–H groups in total. The third-order valence-electron chi connectivity index (χ3n) is 2.39. The molecule has 2 rings (SSSR count). The first-order valence-corrected chi connectivity index (χ1v) is 5.60. The molecule has 0 bridgehead atoms. The van der Waals surface area contributed by atoms with Crippen molar-refractivity contribution in [3.8, 4) is 11.8 Å². The number of hydrogen-bond donors (Lipinski definition) is 1. The van der Waals surface area contributed by atoms with Crippen molar-refractivity contribution < 1.29 is 9.50 Å². The Balaban J connectivity index is 2.33. The SMILES string of the molecule is O=c1cccnn1Cc1cc(F)cc(C#CCO)c1. The Labute approximate surface area is 109 Å². The van der Waals surface area contributed by atoms with Crippen molar-refractivity contribution in [1.29, 1.82) is 0 Å². The topological polar surface area (TPSA) is 55.1 Å². The number of aromatic nitrogens is 2. The lowest BCUT2D eigenvalue weighted by atomic mass is 10.1. The summed E-state index contributed by atoms with van der Waals surface area (Å²) in [5, 5.41) is 12.5. The van der Waals surface area contributed by atoms with E-state index in [1.165, 1.54) is 29.1 Å². The van der Waals surface area contributed by atoms with Crippen molar-refractivity contribution >= 4 is 0 Å². The lowest BCUT2D eigenvalue weighted by molar-refractivity contribution is 0.350. The Bertz CT molecular complexity index is 698. The highest BCUT2D eigenvalue weighted by Gasteiger charge is 2.02. The molecule has 5 heteroatoms. The summed E-state index contributed by atoms with van der Waals surface area (Å²) in [5.41, 5.74) is 0.783. The third-order valence-corrected chi connectivity index (χ3v) is 2.39. The Morgan fingerprint density at radius 3 is 2.95 bits per heavy atom. The van der Waals surface area contributed by atoms with Gasteiger partial charge in [-0.25, -0.2) is 9.07 Å². The van der Waals surface area contributed by atoms with E-state index < -0.39 is 5.82 Å². The first-order chi connectivity index (χ1) is 9.19. The van der Waals surface area contributed by atoms with Crippen molar-refractivity contribution in [3.05, 3.63) is 63.8 Å². The van der Waals surface area contributed by atoms with Gasteiger partial charge in [0.05, 0.1) is 6.54 Å². The Kier molecular flexibility index (Phi) is 4.06. The standard InChI is InChI=1S/C14H11FN2O2/c15-13-8-11(3-2-6-18)7-12(9-13)10-17-14(19)4-1-5-16-17/h1,4-5,7-9,18H,6,10H2. The highest BCUT2D eigenvalue weighted by atomic mass is 19.1. The lowest BCUT2D eigenvalue weighted by Gasteiger charge is -2.04. The molecule has 0 saturated carbocycles. The first-order valence-electron chi connectivity index (χ1n) is 5.60. The molecule has 0 amide bonds. The maximum absolute atomic E-state index is 13.4. The van der Waals surface area contributed by atoms with E-state index in [9.17, 15) is 9.18 Å². The molecule has 0 aliphatic carbocycles. The Morgan fingerprint density at radius 1 is 1.37 bits per heavy atom. The molecule has 0 aliphatic rings. The maximum atomic E-state index is 13.4. The lowest BCUT2D eigenvalue weighted by Crippen LogP contribution is -2.21. The quantitative estimate of drug-likeness (QED) is 0.810. The van der Waals surface area contributed by atoms with E-state index in [4.69, 9.17) is 5.11 Å². The highest BCUT2D eigenvalue weighted by molar-refractivity contribution is 5.37. The Morgan fingerprint density at radius 2 is 2.21 bits per heavy atom. The molecule has 0 radical (unpaired) electrons. The summed E-state index contributed by atoms with van der Waals surface area (Å²) in [4.78, 5) is 11.5. The molecule has 0 spiro atoms. The summed E-state index contributed by atoms with van der Waals surface area (Å²) >= 11 is 0. The minimum atomic E-state index is -0.441. The number of rotatable bonds is 2. The molecule has 0 aliphatic heterocycles. The predicted octanol–water partition coefficient (Wildman–Crippen LogP) is 0.774. The van der Waals surface area contributed by atoms with Crippen LogP contribution in [0, 0.1) is 17.7 Å². The third kappa shape index (κ3) is 3.50.